The maximum atomic E-state index is 12.5. The molecule has 0 aliphatic carbocycles. The number of nitrogens with one attached hydrogen (secondary N) is 2. The van der Waals surface area contributed by atoms with Crippen LogP contribution in [-0.4, -0.2) is 33.9 Å². The van der Waals surface area contributed by atoms with Crippen molar-refractivity contribution in [1.82, 2.24) is 15.0 Å². The number of carbonyl (C=O) groups is 2. The quantitative estimate of drug-likeness (QED) is 0.615. The number of rotatable bonds is 6. The Kier molecular flexibility index (Phi) is 6.36. The van der Waals surface area contributed by atoms with Crippen molar-refractivity contribution in [2.75, 3.05) is 17.7 Å². The third-order valence-electron chi connectivity index (χ3n) is 4.05. The summed E-state index contributed by atoms with van der Waals surface area (Å²) in [4.78, 5) is 24.9. The molecule has 0 saturated heterocycles. The topological polar surface area (TPSA) is 98.1 Å². The van der Waals surface area contributed by atoms with Gasteiger partial charge in [0, 0.05) is 5.02 Å². The first-order chi connectivity index (χ1) is 13.9. The van der Waals surface area contributed by atoms with Crippen LogP contribution < -0.4 is 15.4 Å². The van der Waals surface area contributed by atoms with Crippen molar-refractivity contribution in [1.29, 1.82) is 0 Å². The summed E-state index contributed by atoms with van der Waals surface area (Å²) in [5.41, 5.74) is 1.42. The monoisotopic (exact) mass is 433 g/mol. The maximum Gasteiger partial charge on any atom is 0.278 e. The zero-order chi connectivity index (χ0) is 21.0. The van der Waals surface area contributed by atoms with E-state index in [-0.39, 0.29) is 18.1 Å². The van der Waals surface area contributed by atoms with E-state index < -0.39 is 5.91 Å². The van der Waals surface area contributed by atoms with E-state index in [2.05, 4.69) is 20.9 Å². The van der Waals surface area contributed by atoms with Crippen LogP contribution in [0.25, 0.3) is 0 Å². The summed E-state index contributed by atoms with van der Waals surface area (Å²) in [5.74, 6) is -0.381. The molecule has 0 fully saturated rings. The molecule has 0 unspecified atom stereocenters. The van der Waals surface area contributed by atoms with Crippen molar-refractivity contribution < 1.29 is 14.3 Å². The highest BCUT2D eigenvalue weighted by atomic mass is 35.5. The molecule has 150 valence electrons. The van der Waals surface area contributed by atoms with Crippen LogP contribution in [0.2, 0.25) is 10.0 Å². The molecule has 0 atom stereocenters. The van der Waals surface area contributed by atoms with Crippen LogP contribution in [-0.2, 0) is 11.3 Å². The van der Waals surface area contributed by atoms with Gasteiger partial charge in [-0.2, -0.15) is 0 Å². The van der Waals surface area contributed by atoms with Crippen molar-refractivity contribution in [3.05, 3.63) is 63.9 Å². The van der Waals surface area contributed by atoms with E-state index in [1.165, 1.54) is 11.8 Å². The number of halogens is 2. The van der Waals surface area contributed by atoms with E-state index in [4.69, 9.17) is 27.9 Å². The number of ether oxygens (including phenoxy) is 1. The zero-order valence-electron chi connectivity index (χ0n) is 15.6. The summed E-state index contributed by atoms with van der Waals surface area (Å²) in [6.07, 6.45) is 0. The van der Waals surface area contributed by atoms with Gasteiger partial charge in [0.1, 0.15) is 12.3 Å². The van der Waals surface area contributed by atoms with Gasteiger partial charge in [0.05, 0.1) is 29.2 Å². The van der Waals surface area contributed by atoms with Crippen molar-refractivity contribution in [3.63, 3.8) is 0 Å². The molecule has 0 radical (unpaired) electrons. The standard InChI is InChI=1S/C19H17Cl2N5O3/c1-11-18(19(28)23-14-6-4-3-5-13(14)21)24-25-26(11)10-17(27)22-15-9-12(20)7-8-16(15)29-2/h3-9H,10H2,1-2H3,(H,22,27)(H,23,28). The lowest BCUT2D eigenvalue weighted by Gasteiger charge is -2.11. The molecule has 2 aromatic carbocycles. The van der Waals surface area contributed by atoms with Crippen molar-refractivity contribution in [2.24, 2.45) is 0 Å². The van der Waals surface area contributed by atoms with Crippen molar-refractivity contribution >= 4 is 46.4 Å². The zero-order valence-corrected chi connectivity index (χ0v) is 17.1. The van der Waals surface area contributed by atoms with Gasteiger partial charge in [-0.05, 0) is 37.3 Å². The van der Waals surface area contributed by atoms with Gasteiger partial charge in [0.25, 0.3) is 5.91 Å². The molecule has 29 heavy (non-hydrogen) atoms. The van der Waals surface area contributed by atoms with E-state index in [0.29, 0.717) is 32.9 Å². The van der Waals surface area contributed by atoms with Crippen LogP contribution in [0, 0.1) is 6.92 Å². The van der Waals surface area contributed by atoms with Crippen molar-refractivity contribution in [3.8, 4) is 5.75 Å². The van der Waals surface area contributed by atoms with E-state index in [9.17, 15) is 9.59 Å². The number of anilines is 2. The molecule has 2 N–H and O–H groups in total. The second kappa shape index (κ2) is 8.93. The van der Waals surface area contributed by atoms with Gasteiger partial charge in [0.2, 0.25) is 5.91 Å². The minimum absolute atomic E-state index is 0.0954. The molecule has 10 heteroatoms. The predicted octanol–water partition coefficient (Wildman–Crippen LogP) is 3.79. The lowest BCUT2D eigenvalue weighted by molar-refractivity contribution is -0.117. The first-order valence-corrected chi connectivity index (χ1v) is 9.24. The normalized spacial score (nSPS) is 10.5. The Morgan fingerprint density at radius 2 is 1.86 bits per heavy atom. The van der Waals surface area contributed by atoms with Crippen LogP contribution >= 0.6 is 23.2 Å². The van der Waals surface area contributed by atoms with E-state index >= 15 is 0 Å². The van der Waals surface area contributed by atoms with Crippen LogP contribution in [0.15, 0.2) is 42.5 Å². The molecule has 0 spiro atoms. The number of aromatic nitrogens is 3. The first kappa shape index (κ1) is 20.6. The van der Waals surface area contributed by atoms with Crippen molar-refractivity contribution in [2.45, 2.75) is 13.5 Å². The molecular formula is C19H17Cl2N5O3. The predicted molar refractivity (Wildman–Crippen MR) is 111 cm³/mol. The van der Waals surface area contributed by atoms with Gasteiger partial charge in [-0.25, -0.2) is 4.68 Å². The third kappa shape index (κ3) is 4.85. The molecule has 8 nitrogen and oxygen atoms in total. The highest BCUT2D eigenvalue weighted by Gasteiger charge is 2.19. The summed E-state index contributed by atoms with van der Waals surface area (Å²) in [6, 6.07) is 11.7. The molecular weight excluding hydrogens is 417 g/mol. The van der Waals surface area contributed by atoms with Crippen LogP contribution in [0.1, 0.15) is 16.2 Å². The Bertz CT molecular complexity index is 1070. The smallest absolute Gasteiger partial charge is 0.278 e. The highest BCUT2D eigenvalue weighted by Crippen LogP contribution is 2.27. The lowest BCUT2D eigenvalue weighted by atomic mass is 10.2. The Labute approximate surface area is 176 Å². The Hall–Kier alpha value is -3.10. The molecule has 1 heterocycles. The summed E-state index contributed by atoms with van der Waals surface area (Å²) in [5, 5.41) is 14.0. The SMILES string of the molecule is COc1ccc(Cl)cc1NC(=O)Cn1nnc(C(=O)Nc2ccccc2Cl)c1C. The molecule has 0 saturated carbocycles. The number of nitrogens with zero attached hydrogens (tertiary/aromatic N) is 3. The number of benzene rings is 2. The van der Waals surface area contributed by atoms with E-state index in [1.54, 1.807) is 49.4 Å². The highest BCUT2D eigenvalue weighted by molar-refractivity contribution is 6.33. The number of carbonyl (C=O) groups excluding carboxylic acids is 2. The Morgan fingerprint density at radius 1 is 1.10 bits per heavy atom. The largest absolute Gasteiger partial charge is 0.495 e. The average molecular weight is 434 g/mol. The van der Waals surface area contributed by atoms with Crippen LogP contribution in [0.5, 0.6) is 5.75 Å². The first-order valence-electron chi connectivity index (χ1n) is 8.48. The average Bonchev–Trinajstić information content (AvgIpc) is 3.04. The Balaban J connectivity index is 1.71. The fraction of sp³-hybridized carbons (Fsp3) is 0.158. The molecule has 0 aliphatic heterocycles. The second-order valence-corrected chi connectivity index (χ2v) is 6.85. The summed E-state index contributed by atoms with van der Waals surface area (Å²) in [6.45, 7) is 1.50. The van der Waals surface area contributed by atoms with Gasteiger partial charge in [-0.1, -0.05) is 40.5 Å². The fourth-order valence-electron chi connectivity index (χ4n) is 2.57. The number of hydrogen-bond acceptors (Lipinski definition) is 5. The molecule has 3 rings (SSSR count). The van der Waals surface area contributed by atoms with Crippen LogP contribution in [0.4, 0.5) is 11.4 Å². The van der Waals surface area contributed by atoms with Gasteiger partial charge < -0.3 is 15.4 Å². The molecule has 3 aromatic rings. The second-order valence-electron chi connectivity index (χ2n) is 6.01. The van der Waals surface area contributed by atoms with E-state index in [1.807, 2.05) is 0 Å². The maximum absolute atomic E-state index is 12.5. The lowest BCUT2D eigenvalue weighted by Crippen LogP contribution is -2.21. The van der Waals surface area contributed by atoms with Crippen LogP contribution in [0.3, 0.4) is 0 Å². The Morgan fingerprint density at radius 3 is 2.59 bits per heavy atom. The van der Waals surface area contributed by atoms with E-state index in [0.717, 1.165) is 0 Å². The molecule has 0 aliphatic rings. The van der Waals surface area contributed by atoms with Gasteiger partial charge >= 0.3 is 0 Å². The summed E-state index contributed by atoms with van der Waals surface area (Å²) in [7, 11) is 1.49. The molecule has 2 amide bonds. The summed E-state index contributed by atoms with van der Waals surface area (Å²) < 4.78 is 6.53. The minimum Gasteiger partial charge on any atom is -0.495 e. The minimum atomic E-state index is -0.473. The molecule has 1 aromatic heterocycles. The number of amides is 2. The number of methoxy groups -OCH3 is 1. The van der Waals surface area contributed by atoms with Gasteiger partial charge in [-0.15, -0.1) is 5.10 Å². The number of para-hydroxylation sites is 1. The van der Waals surface area contributed by atoms with Gasteiger partial charge in [-0.3, -0.25) is 9.59 Å². The van der Waals surface area contributed by atoms with Gasteiger partial charge in [0.15, 0.2) is 5.69 Å². The number of hydrogen-bond donors (Lipinski definition) is 2. The fourth-order valence-corrected chi connectivity index (χ4v) is 2.92. The third-order valence-corrected chi connectivity index (χ3v) is 4.61. The molecule has 0 bridgehead atoms. The summed E-state index contributed by atoms with van der Waals surface area (Å²) >= 11 is 12.0.